The lowest BCUT2D eigenvalue weighted by Crippen LogP contribution is -2.40. The minimum Gasteiger partial charge on any atom is -0.350 e. The van der Waals surface area contributed by atoms with Gasteiger partial charge in [0.1, 0.15) is 0 Å². The van der Waals surface area contributed by atoms with Crippen molar-refractivity contribution >= 4 is 23.3 Å². The molecule has 2 rings (SSSR count). The van der Waals surface area contributed by atoms with Gasteiger partial charge in [0.25, 0.3) is 0 Å². The molecule has 1 heterocycles. The van der Waals surface area contributed by atoms with Crippen LogP contribution in [-0.2, 0) is 4.79 Å². The lowest BCUT2D eigenvalue weighted by molar-refractivity contribution is -0.117. The van der Waals surface area contributed by atoms with E-state index in [1.807, 2.05) is 22.9 Å². The minimum absolute atomic E-state index is 0.0370. The van der Waals surface area contributed by atoms with E-state index in [9.17, 15) is 4.79 Å². The fourth-order valence-corrected chi connectivity index (χ4v) is 2.93. The second kappa shape index (κ2) is 6.01. The van der Waals surface area contributed by atoms with Gasteiger partial charge in [-0.2, -0.15) is 11.3 Å². The molecule has 1 amide bonds. The van der Waals surface area contributed by atoms with Crippen LogP contribution in [0, 0.1) is 5.92 Å². The zero-order chi connectivity index (χ0) is 12.1. The van der Waals surface area contributed by atoms with Crippen LogP contribution in [0.5, 0.6) is 0 Å². The van der Waals surface area contributed by atoms with Gasteiger partial charge in [-0.3, -0.25) is 4.79 Å². The Kier molecular flexibility index (Phi) is 4.37. The van der Waals surface area contributed by atoms with E-state index in [2.05, 4.69) is 12.2 Å². The summed E-state index contributed by atoms with van der Waals surface area (Å²) in [6, 6.07) is 2.38. The number of thiophene rings is 1. The number of carbonyl (C=O) groups is 1. The van der Waals surface area contributed by atoms with Crippen molar-refractivity contribution in [1.29, 1.82) is 0 Å². The summed E-state index contributed by atoms with van der Waals surface area (Å²) in [6.45, 7) is 2.23. The van der Waals surface area contributed by atoms with Crippen LogP contribution in [0.3, 0.4) is 0 Å². The molecule has 92 valence electrons. The van der Waals surface area contributed by atoms with Gasteiger partial charge in [0.2, 0.25) is 5.91 Å². The first-order chi connectivity index (χ1) is 8.25. The molecule has 3 heteroatoms. The zero-order valence-electron chi connectivity index (χ0n) is 10.2. The van der Waals surface area contributed by atoms with Crippen LogP contribution >= 0.6 is 11.3 Å². The summed E-state index contributed by atoms with van der Waals surface area (Å²) in [5.74, 6) is 0.650. The molecule has 1 saturated carbocycles. The second-order valence-corrected chi connectivity index (χ2v) is 5.55. The molecule has 1 N–H and O–H groups in total. The van der Waals surface area contributed by atoms with E-state index < -0.39 is 0 Å². The maximum Gasteiger partial charge on any atom is 0.244 e. The number of rotatable bonds is 3. The Morgan fingerprint density at radius 3 is 3.00 bits per heavy atom. The van der Waals surface area contributed by atoms with Gasteiger partial charge in [-0.25, -0.2) is 0 Å². The smallest absolute Gasteiger partial charge is 0.244 e. The molecule has 0 aromatic carbocycles. The quantitative estimate of drug-likeness (QED) is 0.817. The Bertz CT molecular complexity index is 383. The lowest BCUT2D eigenvalue weighted by Gasteiger charge is -2.29. The second-order valence-electron chi connectivity index (χ2n) is 4.77. The highest BCUT2D eigenvalue weighted by molar-refractivity contribution is 7.08. The van der Waals surface area contributed by atoms with Crippen LogP contribution in [0.2, 0.25) is 0 Å². The summed E-state index contributed by atoms with van der Waals surface area (Å²) in [4.78, 5) is 11.8. The maximum absolute atomic E-state index is 11.8. The SMILES string of the molecule is CC1CCCCC1NC(=O)/C=C/c1ccsc1. The molecule has 0 saturated heterocycles. The van der Waals surface area contributed by atoms with Gasteiger partial charge in [0, 0.05) is 12.1 Å². The third-order valence-electron chi connectivity index (χ3n) is 3.41. The predicted molar refractivity (Wildman–Crippen MR) is 72.9 cm³/mol. The summed E-state index contributed by atoms with van der Waals surface area (Å²) in [6.07, 6.45) is 8.42. The molecule has 1 aromatic rings. The Hall–Kier alpha value is -1.09. The molecule has 2 unspecified atom stereocenters. The van der Waals surface area contributed by atoms with Gasteiger partial charge in [-0.15, -0.1) is 0 Å². The monoisotopic (exact) mass is 249 g/mol. The number of hydrogen-bond donors (Lipinski definition) is 1. The van der Waals surface area contributed by atoms with Crippen molar-refractivity contribution in [3.8, 4) is 0 Å². The van der Waals surface area contributed by atoms with Crippen LogP contribution in [0.15, 0.2) is 22.9 Å². The molecule has 0 spiro atoms. The number of hydrogen-bond acceptors (Lipinski definition) is 2. The molecule has 1 aliphatic carbocycles. The van der Waals surface area contributed by atoms with Crippen molar-refractivity contribution in [2.24, 2.45) is 5.92 Å². The molecule has 1 fully saturated rings. The first-order valence-corrected chi connectivity index (χ1v) is 7.21. The Balaban J connectivity index is 1.84. The van der Waals surface area contributed by atoms with Crippen molar-refractivity contribution in [1.82, 2.24) is 5.32 Å². The summed E-state index contributed by atoms with van der Waals surface area (Å²) in [5, 5.41) is 7.16. The summed E-state index contributed by atoms with van der Waals surface area (Å²) in [7, 11) is 0. The summed E-state index contributed by atoms with van der Waals surface area (Å²) in [5.41, 5.74) is 1.10. The molecule has 0 aliphatic heterocycles. The van der Waals surface area contributed by atoms with Gasteiger partial charge < -0.3 is 5.32 Å². The molecule has 1 aliphatic rings. The van der Waals surface area contributed by atoms with E-state index >= 15 is 0 Å². The topological polar surface area (TPSA) is 29.1 Å². The predicted octanol–water partition coefficient (Wildman–Crippen LogP) is 3.46. The summed E-state index contributed by atoms with van der Waals surface area (Å²) >= 11 is 1.64. The number of nitrogens with one attached hydrogen (secondary N) is 1. The van der Waals surface area contributed by atoms with Crippen molar-refractivity contribution in [2.75, 3.05) is 0 Å². The molecule has 17 heavy (non-hydrogen) atoms. The third-order valence-corrected chi connectivity index (χ3v) is 4.11. The van der Waals surface area contributed by atoms with E-state index in [-0.39, 0.29) is 5.91 Å². The lowest BCUT2D eigenvalue weighted by atomic mass is 9.86. The highest BCUT2D eigenvalue weighted by atomic mass is 32.1. The van der Waals surface area contributed by atoms with Crippen LogP contribution < -0.4 is 5.32 Å². The van der Waals surface area contributed by atoms with E-state index in [1.54, 1.807) is 17.4 Å². The van der Waals surface area contributed by atoms with Crippen LogP contribution in [0.4, 0.5) is 0 Å². The van der Waals surface area contributed by atoms with E-state index in [0.717, 1.165) is 12.0 Å². The molecule has 2 nitrogen and oxygen atoms in total. The standard InChI is InChI=1S/C14H19NOS/c1-11-4-2-3-5-13(11)15-14(16)7-6-12-8-9-17-10-12/h6-11,13H,2-5H2,1H3,(H,15,16)/b7-6+. The Labute approximate surface area is 107 Å². The fraction of sp³-hybridized carbons (Fsp3) is 0.500. The maximum atomic E-state index is 11.8. The van der Waals surface area contributed by atoms with Gasteiger partial charge in [0.05, 0.1) is 0 Å². The average Bonchev–Trinajstić information content (AvgIpc) is 2.82. The molecular formula is C14H19NOS. The molecule has 0 radical (unpaired) electrons. The average molecular weight is 249 g/mol. The first kappa shape index (κ1) is 12.4. The van der Waals surface area contributed by atoms with Gasteiger partial charge in [0.15, 0.2) is 0 Å². The first-order valence-electron chi connectivity index (χ1n) is 6.26. The normalized spacial score (nSPS) is 25.0. The number of carbonyl (C=O) groups excluding carboxylic acids is 1. The van der Waals surface area contributed by atoms with Gasteiger partial charge >= 0.3 is 0 Å². The highest BCUT2D eigenvalue weighted by Crippen LogP contribution is 2.23. The van der Waals surface area contributed by atoms with Gasteiger partial charge in [-0.05, 0) is 47.2 Å². The van der Waals surface area contributed by atoms with Crippen LogP contribution in [-0.4, -0.2) is 11.9 Å². The van der Waals surface area contributed by atoms with E-state index in [4.69, 9.17) is 0 Å². The van der Waals surface area contributed by atoms with Gasteiger partial charge in [-0.1, -0.05) is 19.8 Å². The third kappa shape index (κ3) is 3.70. The highest BCUT2D eigenvalue weighted by Gasteiger charge is 2.21. The van der Waals surface area contributed by atoms with E-state index in [1.165, 1.54) is 19.3 Å². The van der Waals surface area contributed by atoms with Crippen LogP contribution in [0.1, 0.15) is 38.2 Å². The number of amides is 1. The zero-order valence-corrected chi connectivity index (χ0v) is 11.0. The van der Waals surface area contributed by atoms with E-state index in [0.29, 0.717) is 12.0 Å². The largest absolute Gasteiger partial charge is 0.350 e. The Morgan fingerprint density at radius 1 is 1.47 bits per heavy atom. The van der Waals surface area contributed by atoms with Crippen molar-refractivity contribution in [3.63, 3.8) is 0 Å². The van der Waals surface area contributed by atoms with Crippen molar-refractivity contribution < 1.29 is 4.79 Å². The molecule has 0 bridgehead atoms. The minimum atomic E-state index is 0.0370. The fourth-order valence-electron chi connectivity index (χ4n) is 2.30. The molecule has 1 aromatic heterocycles. The van der Waals surface area contributed by atoms with Crippen molar-refractivity contribution in [2.45, 2.75) is 38.6 Å². The van der Waals surface area contributed by atoms with Crippen molar-refractivity contribution in [3.05, 3.63) is 28.5 Å². The molecular weight excluding hydrogens is 230 g/mol. The Morgan fingerprint density at radius 2 is 2.29 bits per heavy atom. The molecule has 2 atom stereocenters. The summed E-state index contributed by atoms with van der Waals surface area (Å²) < 4.78 is 0. The van der Waals surface area contributed by atoms with Crippen LogP contribution in [0.25, 0.3) is 6.08 Å².